The quantitative estimate of drug-likeness (QED) is 0.276. The Bertz CT molecular complexity index is 627. The van der Waals surface area contributed by atoms with Crippen molar-refractivity contribution in [2.24, 2.45) is 5.92 Å². The second-order valence-electron chi connectivity index (χ2n) is 7.61. The van der Waals surface area contributed by atoms with Crippen LogP contribution in [0.1, 0.15) is 90.0 Å². The maximum absolute atomic E-state index is 10.8. The van der Waals surface area contributed by atoms with Gasteiger partial charge in [-0.2, -0.15) is 8.42 Å². The first-order valence-electron chi connectivity index (χ1n) is 10.3. The van der Waals surface area contributed by atoms with Crippen LogP contribution in [-0.4, -0.2) is 18.1 Å². The number of aromatic hydroxyl groups is 1. The molecule has 0 aliphatic rings. The fourth-order valence-corrected chi connectivity index (χ4v) is 3.82. The summed E-state index contributed by atoms with van der Waals surface area (Å²) in [5.41, 5.74) is 0.801. The number of aryl methyl sites for hydroxylation is 1. The Morgan fingerprint density at radius 3 is 2.11 bits per heavy atom. The zero-order valence-electron chi connectivity index (χ0n) is 16.8. The summed E-state index contributed by atoms with van der Waals surface area (Å²) in [7, 11) is -4.57. The third-order valence-corrected chi connectivity index (χ3v) is 5.25. The zero-order chi connectivity index (χ0) is 20.1. The van der Waals surface area contributed by atoms with Crippen molar-refractivity contribution in [3.05, 3.63) is 23.8 Å². The lowest BCUT2D eigenvalue weighted by Gasteiger charge is -2.09. The van der Waals surface area contributed by atoms with Gasteiger partial charge in [-0.25, -0.2) is 0 Å². The number of phenolic OH excluding ortho intramolecular Hbond substituents is 1. The first-order valence-corrected chi connectivity index (χ1v) is 11.7. The van der Waals surface area contributed by atoms with Crippen LogP contribution in [0.2, 0.25) is 0 Å². The highest BCUT2D eigenvalue weighted by atomic mass is 32.3. The minimum absolute atomic E-state index is 0.0687. The van der Waals surface area contributed by atoms with Crippen LogP contribution in [0, 0.1) is 5.92 Å². The molecule has 2 N–H and O–H groups in total. The molecule has 0 spiro atoms. The predicted molar refractivity (Wildman–Crippen MR) is 110 cm³/mol. The van der Waals surface area contributed by atoms with E-state index in [9.17, 15) is 13.5 Å². The molecule has 0 amide bonds. The number of unbranched alkanes of at least 4 members (excludes halogenated alkanes) is 7. The van der Waals surface area contributed by atoms with Gasteiger partial charge < -0.3 is 9.29 Å². The molecule has 0 aromatic heterocycles. The fraction of sp³-hybridized carbons (Fsp3) is 0.714. The average Bonchev–Trinajstić information content (AvgIpc) is 2.54. The van der Waals surface area contributed by atoms with E-state index in [0.29, 0.717) is 0 Å². The van der Waals surface area contributed by atoms with Gasteiger partial charge in [0.2, 0.25) is 0 Å². The largest absolute Gasteiger partial charge is 0.508 e. The number of benzene rings is 1. The van der Waals surface area contributed by atoms with Crippen molar-refractivity contribution in [2.45, 2.75) is 90.9 Å². The van der Waals surface area contributed by atoms with Crippen LogP contribution >= 0.6 is 0 Å². The SMILES string of the molecule is CCCC(C)CCCCCCCCCCc1cc(O)cc(OS(=O)(=O)O)c1. The normalized spacial score (nSPS) is 12.9. The van der Waals surface area contributed by atoms with Gasteiger partial charge >= 0.3 is 10.4 Å². The third kappa shape index (κ3) is 12.7. The Balaban J connectivity index is 2.11. The van der Waals surface area contributed by atoms with E-state index >= 15 is 0 Å². The van der Waals surface area contributed by atoms with Crippen LogP contribution in [0.15, 0.2) is 18.2 Å². The van der Waals surface area contributed by atoms with Crippen LogP contribution in [0.3, 0.4) is 0 Å². The molecule has 0 saturated carbocycles. The van der Waals surface area contributed by atoms with Gasteiger partial charge in [0.1, 0.15) is 11.5 Å². The van der Waals surface area contributed by atoms with E-state index in [0.717, 1.165) is 30.7 Å². The van der Waals surface area contributed by atoms with Gasteiger partial charge in [-0.15, -0.1) is 0 Å². The van der Waals surface area contributed by atoms with E-state index in [-0.39, 0.29) is 11.5 Å². The third-order valence-electron chi connectivity index (χ3n) is 4.85. The van der Waals surface area contributed by atoms with Crippen LogP contribution < -0.4 is 4.18 Å². The number of hydrogen-bond donors (Lipinski definition) is 2. The Labute approximate surface area is 165 Å². The van der Waals surface area contributed by atoms with E-state index in [1.807, 2.05) is 0 Å². The van der Waals surface area contributed by atoms with E-state index in [1.165, 1.54) is 69.9 Å². The summed E-state index contributed by atoms with van der Waals surface area (Å²) in [6.45, 7) is 4.61. The van der Waals surface area contributed by atoms with Crippen LogP contribution in [0.25, 0.3) is 0 Å². The van der Waals surface area contributed by atoms with Crippen LogP contribution in [-0.2, 0) is 16.8 Å². The van der Waals surface area contributed by atoms with Crippen molar-refractivity contribution in [1.29, 1.82) is 0 Å². The van der Waals surface area contributed by atoms with E-state index in [2.05, 4.69) is 18.0 Å². The Morgan fingerprint density at radius 1 is 0.926 bits per heavy atom. The van der Waals surface area contributed by atoms with Crippen molar-refractivity contribution < 1.29 is 22.3 Å². The van der Waals surface area contributed by atoms with E-state index in [1.54, 1.807) is 6.07 Å². The fourth-order valence-electron chi connectivity index (χ4n) is 3.48. The summed E-state index contributed by atoms with van der Waals surface area (Å²) < 4.78 is 34.7. The highest BCUT2D eigenvalue weighted by Gasteiger charge is 2.09. The van der Waals surface area contributed by atoms with Crippen LogP contribution in [0.5, 0.6) is 11.5 Å². The second kappa shape index (κ2) is 13.0. The molecule has 0 fully saturated rings. The molecule has 0 bridgehead atoms. The number of rotatable bonds is 15. The molecule has 1 atom stereocenters. The summed E-state index contributed by atoms with van der Waals surface area (Å²) in [6, 6.07) is 4.30. The Hall–Kier alpha value is -1.27. The van der Waals surface area contributed by atoms with Crippen molar-refractivity contribution >= 4 is 10.4 Å². The minimum atomic E-state index is -4.57. The number of phenols is 1. The molecule has 0 aliphatic carbocycles. The first kappa shape index (κ1) is 23.8. The van der Waals surface area contributed by atoms with Crippen molar-refractivity contribution in [3.63, 3.8) is 0 Å². The van der Waals surface area contributed by atoms with Gasteiger partial charge in [0, 0.05) is 6.07 Å². The Morgan fingerprint density at radius 2 is 1.52 bits per heavy atom. The maximum Gasteiger partial charge on any atom is 0.446 e. The van der Waals surface area contributed by atoms with E-state index in [4.69, 9.17) is 4.55 Å². The van der Waals surface area contributed by atoms with Gasteiger partial charge in [-0.05, 0) is 36.5 Å². The van der Waals surface area contributed by atoms with Crippen molar-refractivity contribution in [2.75, 3.05) is 0 Å². The first-order chi connectivity index (χ1) is 12.8. The smallest absolute Gasteiger partial charge is 0.446 e. The lowest BCUT2D eigenvalue weighted by Crippen LogP contribution is -2.06. The molecule has 1 aromatic rings. The highest BCUT2D eigenvalue weighted by Crippen LogP contribution is 2.24. The molecule has 0 saturated heterocycles. The van der Waals surface area contributed by atoms with Crippen molar-refractivity contribution in [3.8, 4) is 11.5 Å². The summed E-state index contributed by atoms with van der Waals surface area (Å²) in [5, 5.41) is 9.64. The van der Waals surface area contributed by atoms with Gasteiger partial charge in [-0.3, -0.25) is 4.55 Å². The van der Waals surface area contributed by atoms with Gasteiger partial charge in [0.05, 0.1) is 0 Å². The molecule has 0 radical (unpaired) electrons. The molecule has 6 heteroatoms. The Kier molecular flexibility index (Phi) is 11.4. The molecule has 5 nitrogen and oxygen atoms in total. The van der Waals surface area contributed by atoms with E-state index < -0.39 is 10.4 Å². The van der Waals surface area contributed by atoms with Gasteiger partial charge in [0.15, 0.2) is 0 Å². The molecule has 0 heterocycles. The highest BCUT2D eigenvalue weighted by molar-refractivity contribution is 7.81. The average molecular weight is 401 g/mol. The second-order valence-corrected chi connectivity index (χ2v) is 8.63. The summed E-state index contributed by atoms with van der Waals surface area (Å²) in [5.74, 6) is 0.732. The summed E-state index contributed by atoms with van der Waals surface area (Å²) in [4.78, 5) is 0. The minimum Gasteiger partial charge on any atom is -0.508 e. The van der Waals surface area contributed by atoms with Gasteiger partial charge in [0.25, 0.3) is 0 Å². The molecule has 1 aromatic carbocycles. The molecule has 1 unspecified atom stereocenters. The molecule has 156 valence electrons. The number of hydrogen-bond acceptors (Lipinski definition) is 4. The summed E-state index contributed by atoms with van der Waals surface area (Å²) >= 11 is 0. The standard InChI is InChI=1S/C21H36O5S/c1-3-12-18(2)13-10-8-6-4-5-7-9-11-14-19-15-20(22)17-21(16-19)26-27(23,24)25/h15-18,22H,3-14H2,1-2H3,(H,23,24,25). The zero-order valence-corrected chi connectivity index (χ0v) is 17.6. The topological polar surface area (TPSA) is 83.8 Å². The van der Waals surface area contributed by atoms with Crippen LogP contribution in [0.4, 0.5) is 0 Å². The molecular weight excluding hydrogens is 364 g/mol. The molecular formula is C21H36O5S. The van der Waals surface area contributed by atoms with Crippen molar-refractivity contribution in [1.82, 2.24) is 0 Å². The maximum atomic E-state index is 10.8. The lowest BCUT2D eigenvalue weighted by molar-refractivity contribution is 0.385. The van der Waals surface area contributed by atoms with Gasteiger partial charge in [-0.1, -0.05) is 78.1 Å². The predicted octanol–water partition coefficient (Wildman–Crippen LogP) is 6.06. The monoisotopic (exact) mass is 400 g/mol. The lowest BCUT2D eigenvalue weighted by atomic mass is 9.98. The molecule has 0 aliphatic heterocycles. The summed E-state index contributed by atoms with van der Waals surface area (Å²) in [6.07, 6.45) is 14.6. The molecule has 1 rings (SSSR count). The molecule has 27 heavy (non-hydrogen) atoms.